The molecular formula is C29H26Cl3N2O4+. The van der Waals surface area contributed by atoms with E-state index in [1.54, 1.807) is 50.9 Å². The average molecular weight is 573 g/mol. The summed E-state index contributed by atoms with van der Waals surface area (Å²) in [6.07, 6.45) is 2.81. The molecular weight excluding hydrogens is 547 g/mol. The first-order valence-electron chi connectivity index (χ1n) is 11.7. The van der Waals surface area contributed by atoms with E-state index in [9.17, 15) is 4.79 Å². The van der Waals surface area contributed by atoms with Crippen LogP contribution in [0, 0.1) is 0 Å². The van der Waals surface area contributed by atoms with Gasteiger partial charge in [0, 0.05) is 18.5 Å². The number of hydrogen-bond acceptors (Lipinski definition) is 5. The predicted octanol–water partition coefficient (Wildman–Crippen LogP) is 7.23. The van der Waals surface area contributed by atoms with E-state index in [1.165, 1.54) is 0 Å². The first kappa shape index (κ1) is 27.6. The Kier molecular flexibility index (Phi) is 9.34. The standard InChI is InChI=1S/C29H25Cl3N2O4/c1-36-26-11-10-19(13-28(26)37-2)27(14-21-23(31)16-33-17-24(21)32)38-29(35)20-7-5-6-18(12-20)15-34-25-9-4-3-8-22(25)30/h3-13,16-17,27,34H,14-15H2,1-2H3/p+1/t27-/m0/s1. The molecule has 0 saturated heterocycles. The summed E-state index contributed by atoms with van der Waals surface area (Å²) in [6, 6.07) is 20.1. The van der Waals surface area contributed by atoms with E-state index < -0.39 is 12.1 Å². The number of carbonyl (C=O) groups excluding carboxylic acids is 1. The van der Waals surface area contributed by atoms with Crippen molar-refractivity contribution in [3.05, 3.63) is 116 Å². The Bertz CT molecular complexity index is 1410. The van der Waals surface area contributed by atoms with Crippen LogP contribution in [0.25, 0.3) is 0 Å². The van der Waals surface area contributed by atoms with Crippen LogP contribution < -0.4 is 19.8 Å². The molecule has 0 bridgehead atoms. The highest BCUT2D eigenvalue weighted by Gasteiger charge is 2.24. The zero-order chi connectivity index (χ0) is 27.1. The molecule has 0 spiro atoms. The van der Waals surface area contributed by atoms with Gasteiger partial charge in [0.15, 0.2) is 23.9 Å². The van der Waals surface area contributed by atoms with Crippen molar-refractivity contribution in [3.63, 3.8) is 0 Å². The monoisotopic (exact) mass is 571 g/mol. The highest BCUT2D eigenvalue weighted by molar-refractivity contribution is 6.35. The van der Waals surface area contributed by atoms with Crippen molar-refractivity contribution in [2.75, 3.05) is 19.5 Å². The summed E-state index contributed by atoms with van der Waals surface area (Å²) in [5.41, 5.74) is 3.47. The van der Waals surface area contributed by atoms with Crippen molar-refractivity contribution in [1.29, 1.82) is 0 Å². The van der Waals surface area contributed by atoms with Crippen molar-refractivity contribution in [2.24, 2.45) is 0 Å². The second-order valence-corrected chi connectivity index (χ2v) is 9.60. The fraction of sp³-hybridized carbons (Fsp3) is 0.172. The van der Waals surface area contributed by atoms with Gasteiger partial charge in [0.2, 0.25) is 0 Å². The average Bonchev–Trinajstić information content (AvgIpc) is 2.93. The minimum Gasteiger partial charge on any atom is -0.493 e. The molecule has 4 aromatic rings. The lowest BCUT2D eigenvalue weighted by molar-refractivity contribution is -0.377. The quantitative estimate of drug-likeness (QED) is 0.203. The Morgan fingerprint density at radius 3 is 2.32 bits per heavy atom. The van der Waals surface area contributed by atoms with Crippen molar-refractivity contribution < 1.29 is 24.0 Å². The molecule has 38 heavy (non-hydrogen) atoms. The molecule has 0 unspecified atom stereocenters. The summed E-state index contributed by atoms with van der Waals surface area (Å²) in [5, 5.41) is 4.78. The van der Waals surface area contributed by atoms with Crippen LogP contribution in [0.4, 0.5) is 5.69 Å². The lowest BCUT2D eigenvalue weighted by Crippen LogP contribution is -2.16. The minimum absolute atomic E-state index is 0.251. The summed E-state index contributed by atoms with van der Waals surface area (Å²) in [4.78, 5) is 16.2. The fourth-order valence-corrected chi connectivity index (χ4v) is 4.68. The molecule has 9 heteroatoms. The van der Waals surface area contributed by atoms with Gasteiger partial charge in [-0.25, -0.2) is 9.78 Å². The molecule has 1 atom stereocenters. The van der Waals surface area contributed by atoms with E-state index in [0.29, 0.717) is 49.8 Å². The Labute approximate surface area is 236 Å². The van der Waals surface area contributed by atoms with Crippen molar-refractivity contribution in [2.45, 2.75) is 19.1 Å². The second kappa shape index (κ2) is 12.9. The van der Waals surface area contributed by atoms with E-state index in [-0.39, 0.29) is 6.42 Å². The van der Waals surface area contributed by atoms with Gasteiger partial charge in [0.25, 0.3) is 0 Å². The highest BCUT2D eigenvalue weighted by Crippen LogP contribution is 2.35. The van der Waals surface area contributed by atoms with Crippen molar-refractivity contribution >= 4 is 46.5 Å². The zero-order valence-corrected chi connectivity index (χ0v) is 23.0. The van der Waals surface area contributed by atoms with E-state index in [2.05, 4.69) is 10.3 Å². The summed E-state index contributed by atoms with van der Waals surface area (Å²) in [6.45, 7) is 0.482. The van der Waals surface area contributed by atoms with Gasteiger partial charge in [-0.05, 0) is 47.5 Å². The second-order valence-electron chi connectivity index (χ2n) is 8.38. The maximum absolute atomic E-state index is 13.4. The number of carbonyl (C=O) groups is 1. The number of rotatable bonds is 10. The molecule has 4 rings (SSSR count). The topological polar surface area (TPSA) is 70.9 Å². The summed E-state index contributed by atoms with van der Waals surface area (Å²) < 4.78 is 16.9. The third-order valence-corrected chi connectivity index (χ3v) is 6.94. The highest BCUT2D eigenvalue weighted by atomic mass is 35.5. The summed E-state index contributed by atoms with van der Waals surface area (Å²) in [5.74, 6) is 0.585. The predicted molar refractivity (Wildman–Crippen MR) is 150 cm³/mol. The van der Waals surface area contributed by atoms with Gasteiger partial charge in [-0.2, -0.15) is 0 Å². The molecule has 6 nitrogen and oxygen atoms in total. The number of nitrogens with one attached hydrogen (secondary N) is 2. The number of aromatic amines is 1. The Morgan fingerprint density at radius 2 is 1.61 bits per heavy atom. The van der Waals surface area contributed by atoms with Crippen LogP contribution in [0.5, 0.6) is 11.5 Å². The number of anilines is 1. The van der Waals surface area contributed by atoms with E-state index in [0.717, 1.165) is 11.3 Å². The molecule has 0 saturated carbocycles. The Hall–Kier alpha value is -3.45. The number of hydrogen-bond donors (Lipinski definition) is 1. The number of ether oxygens (including phenoxy) is 3. The molecule has 3 aromatic carbocycles. The van der Waals surface area contributed by atoms with Crippen molar-refractivity contribution in [3.8, 4) is 11.5 Å². The minimum atomic E-state index is -0.704. The summed E-state index contributed by atoms with van der Waals surface area (Å²) in [7, 11) is 3.11. The molecule has 0 radical (unpaired) electrons. The molecule has 0 amide bonds. The third-order valence-electron chi connectivity index (χ3n) is 5.93. The largest absolute Gasteiger partial charge is 0.493 e. The molecule has 1 aromatic heterocycles. The molecule has 1 heterocycles. The van der Waals surface area contributed by atoms with Crippen LogP contribution in [0.3, 0.4) is 0 Å². The molecule has 196 valence electrons. The van der Waals surface area contributed by atoms with Crippen LogP contribution in [0.1, 0.15) is 33.2 Å². The zero-order valence-electron chi connectivity index (χ0n) is 20.8. The van der Waals surface area contributed by atoms with Gasteiger partial charge in [-0.3, -0.25) is 0 Å². The van der Waals surface area contributed by atoms with Crippen LogP contribution in [0.2, 0.25) is 15.1 Å². The van der Waals surface area contributed by atoms with Gasteiger partial charge in [-0.15, -0.1) is 0 Å². The first-order chi connectivity index (χ1) is 18.4. The number of methoxy groups -OCH3 is 2. The number of H-pyrrole nitrogens is 1. The number of pyridine rings is 1. The van der Waals surface area contributed by atoms with Gasteiger partial charge in [-0.1, -0.05) is 65.1 Å². The molecule has 2 N–H and O–H groups in total. The number of aromatic nitrogens is 1. The lowest BCUT2D eigenvalue weighted by atomic mass is 10.0. The SMILES string of the molecule is COc1ccc([C@H](Cc2c(Cl)c[nH+]cc2Cl)OC(=O)c2cccc(CNc3ccccc3Cl)c2)cc1OC. The van der Waals surface area contributed by atoms with Crippen LogP contribution in [-0.4, -0.2) is 20.2 Å². The van der Waals surface area contributed by atoms with Crippen LogP contribution >= 0.6 is 34.8 Å². The van der Waals surface area contributed by atoms with E-state index in [1.807, 2.05) is 42.5 Å². The molecule has 0 aliphatic heterocycles. The van der Waals surface area contributed by atoms with Gasteiger partial charge in [0.05, 0.1) is 30.5 Å². The lowest BCUT2D eigenvalue weighted by Gasteiger charge is -2.21. The van der Waals surface area contributed by atoms with Crippen molar-refractivity contribution in [1.82, 2.24) is 0 Å². The third kappa shape index (κ3) is 6.70. The number of benzene rings is 3. The number of esters is 1. The van der Waals surface area contributed by atoms with Gasteiger partial charge < -0.3 is 19.5 Å². The molecule has 0 fully saturated rings. The normalized spacial score (nSPS) is 11.5. The van der Waals surface area contributed by atoms with Gasteiger partial charge >= 0.3 is 5.97 Å². The van der Waals surface area contributed by atoms with Crippen LogP contribution in [0.15, 0.2) is 79.1 Å². The summed E-state index contributed by atoms with van der Waals surface area (Å²) >= 11 is 19.1. The Balaban J connectivity index is 1.59. The number of para-hydroxylation sites is 1. The smallest absolute Gasteiger partial charge is 0.338 e. The molecule has 0 aliphatic carbocycles. The molecule has 0 aliphatic rings. The Morgan fingerprint density at radius 1 is 0.868 bits per heavy atom. The van der Waals surface area contributed by atoms with E-state index >= 15 is 0 Å². The fourth-order valence-electron chi connectivity index (χ4n) is 3.94. The number of halogens is 3. The first-order valence-corrected chi connectivity index (χ1v) is 12.9. The maximum atomic E-state index is 13.4. The van der Waals surface area contributed by atoms with E-state index in [4.69, 9.17) is 49.0 Å². The van der Waals surface area contributed by atoms with Gasteiger partial charge in [0.1, 0.15) is 16.1 Å². The maximum Gasteiger partial charge on any atom is 0.338 e. The van der Waals surface area contributed by atoms with Crippen LogP contribution in [-0.2, 0) is 17.7 Å².